The molecule has 0 aliphatic rings. The Hall–Kier alpha value is -2.41. The molecule has 0 spiro atoms. The maximum atomic E-state index is 11.5. The van der Waals surface area contributed by atoms with Gasteiger partial charge in [0.15, 0.2) is 6.61 Å². The molecule has 0 saturated heterocycles. The molecule has 0 aliphatic heterocycles. The van der Waals surface area contributed by atoms with Crippen LogP contribution in [0, 0.1) is 6.92 Å². The predicted octanol–water partition coefficient (Wildman–Crippen LogP) is 1.93. The van der Waals surface area contributed by atoms with Gasteiger partial charge >= 0.3 is 0 Å². The largest absolute Gasteiger partial charge is 0.485 e. The third kappa shape index (κ3) is 4.88. The van der Waals surface area contributed by atoms with E-state index in [1.807, 2.05) is 0 Å². The molecule has 1 aromatic carbocycles. The molecular weight excluding hydrogens is 274 g/mol. The highest BCUT2D eigenvalue weighted by Gasteiger charge is 2.04. The van der Waals surface area contributed by atoms with E-state index in [9.17, 15) is 4.79 Å². The van der Waals surface area contributed by atoms with Gasteiger partial charge in [0.2, 0.25) is 17.6 Å². The second-order valence-electron chi connectivity index (χ2n) is 4.33. The fraction of sp³-hybridized carbons (Fsp3) is 0.357. The van der Waals surface area contributed by atoms with E-state index >= 15 is 0 Å². The SMILES string of the molecule is COCCC(=O)Nc1ccc(OCc2noc(C)n2)cc1. The Balaban J connectivity index is 1.82. The van der Waals surface area contributed by atoms with Gasteiger partial charge in [-0.1, -0.05) is 5.16 Å². The normalized spacial score (nSPS) is 10.4. The smallest absolute Gasteiger partial charge is 0.226 e. The van der Waals surface area contributed by atoms with Crippen LogP contribution >= 0.6 is 0 Å². The number of carbonyl (C=O) groups is 1. The van der Waals surface area contributed by atoms with Crippen molar-refractivity contribution in [1.29, 1.82) is 0 Å². The molecule has 0 fully saturated rings. The first kappa shape index (κ1) is 15.0. The Kier molecular flexibility index (Phi) is 5.28. The van der Waals surface area contributed by atoms with Gasteiger partial charge in [-0.2, -0.15) is 4.98 Å². The van der Waals surface area contributed by atoms with Crippen LogP contribution in [0.25, 0.3) is 0 Å². The summed E-state index contributed by atoms with van der Waals surface area (Å²) in [6.45, 7) is 2.35. The zero-order valence-electron chi connectivity index (χ0n) is 12.0. The minimum atomic E-state index is -0.0900. The second kappa shape index (κ2) is 7.39. The Morgan fingerprint density at radius 3 is 2.71 bits per heavy atom. The molecule has 112 valence electrons. The van der Waals surface area contributed by atoms with Gasteiger partial charge in [-0.05, 0) is 24.3 Å². The first-order valence-corrected chi connectivity index (χ1v) is 6.48. The zero-order chi connectivity index (χ0) is 15.1. The number of amides is 1. The van der Waals surface area contributed by atoms with E-state index in [0.717, 1.165) is 0 Å². The van der Waals surface area contributed by atoms with E-state index in [1.165, 1.54) is 0 Å². The number of hydrogen-bond donors (Lipinski definition) is 1. The van der Waals surface area contributed by atoms with Gasteiger partial charge in [-0.25, -0.2) is 0 Å². The molecule has 0 radical (unpaired) electrons. The van der Waals surface area contributed by atoms with E-state index < -0.39 is 0 Å². The van der Waals surface area contributed by atoms with Crippen molar-refractivity contribution in [3.8, 4) is 5.75 Å². The lowest BCUT2D eigenvalue weighted by molar-refractivity contribution is -0.117. The topological polar surface area (TPSA) is 86.5 Å². The molecule has 7 nitrogen and oxygen atoms in total. The maximum absolute atomic E-state index is 11.5. The van der Waals surface area contributed by atoms with Crippen LogP contribution in [0.2, 0.25) is 0 Å². The summed E-state index contributed by atoms with van der Waals surface area (Å²) < 4.78 is 15.2. The highest BCUT2D eigenvalue weighted by molar-refractivity contribution is 5.90. The van der Waals surface area contributed by atoms with Crippen molar-refractivity contribution in [3.63, 3.8) is 0 Å². The number of methoxy groups -OCH3 is 1. The standard InChI is InChI=1S/C14H17N3O4/c1-10-15-13(17-21-10)9-20-12-5-3-11(4-6-12)16-14(18)7-8-19-2/h3-6H,7-9H2,1-2H3,(H,16,18). The molecule has 0 atom stereocenters. The van der Waals surface area contributed by atoms with Crippen molar-refractivity contribution < 1.29 is 18.8 Å². The minimum Gasteiger partial charge on any atom is -0.485 e. The Labute approximate surface area is 122 Å². The molecule has 21 heavy (non-hydrogen) atoms. The highest BCUT2D eigenvalue weighted by atomic mass is 16.5. The molecule has 7 heteroatoms. The summed E-state index contributed by atoms with van der Waals surface area (Å²) in [5.41, 5.74) is 0.707. The molecule has 1 amide bonds. The van der Waals surface area contributed by atoms with Crippen molar-refractivity contribution in [2.24, 2.45) is 0 Å². The molecule has 0 aliphatic carbocycles. The lowest BCUT2D eigenvalue weighted by atomic mass is 10.3. The molecular formula is C14H17N3O4. The van der Waals surface area contributed by atoms with Crippen LogP contribution in [0.3, 0.4) is 0 Å². The fourth-order valence-corrected chi connectivity index (χ4v) is 1.60. The third-order valence-electron chi connectivity index (χ3n) is 2.61. The minimum absolute atomic E-state index is 0.0900. The van der Waals surface area contributed by atoms with Gasteiger partial charge in [0.25, 0.3) is 0 Å². The number of benzene rings is 1. The van der Waals surface area contributed by atoms with Crippen molar-refractivity contribution in [2.75, 3.05) is 19.0 Å². The quantitative estimate of drug-likeness (QED) is 0.838. The van der Waals surface area contributed by atoms with Crippen LogP contribution in [-0.2, 0) is 16.1 Å². The highest BCUT2D eigenvalue weighted by Crippen LogP contribution is 2.16. The summed E-state index contributed by atoms with van der Waals surface area (Å²) in [5.74, 6) is 1.56. The van der Waals surface area contributed by atoms with E-state index in [0.29, 0.717) is 36.2 Å². The first-order valence-electron chi connectivity index (χ1n) is 6.48. The number of ether oxygens (including phenoxy) is 2. The zero-order valence-corrected chi connectivity index (χ0v) is 12.0. The van der Waals surface area contributed by atoms with Crippen LogP contribution in [0.4, 0.5) is 5.69 Å². The number of carbonyl (C=O) groups excluding carboxylic acids is 1. The molecule has 1 N–H and O–H groups in total. The second-order valence-corrected chi connectivity index (χ2v) is 4.33. The predicted molar refractivity (Wildman–Crippen MR) is 74.9 cm³/mol. The molecule has 0 saturated carbocycles. The van der Waals surface area contributed by atoms with Gasteiger partial charge < -0.3 is 19.3 Å². The lowest BCUT2D eigenvalue weighted by Gasteiger charge is -2.07. The van der Waals surface area contributed by atoms with Gasteiger partial charge in [0.05, 0.1) is 13.0 Å². The van der Waals surface area contributed by atoms with Crippen molar-refractivity contribution >= 4 is 11.6 Å². The summed E-state index contributed by atoms with van der Waals surface area (Å²) in [6, 6.07) is 7.06. The third-order valence-corrected chi connectivity index (χ3v) is 2.61. The molecule has 1 aromatic heterocycles. The molecule has 0 unspecified atom stereocenters. The average Bonchev–Trinajstić information content (AvgIpc) is 2.90. The number of nitrogens with one attached hydrogen (secondary N) is 1. The summed E-state index contributed by atoms with van der Waals surface area (Å²) in [7, 11) is 1.56. The van der Waals surface area contributed by atoms with Crippen LogP contribution in [-0.4, -0.2) is 29.8 Å². The van der Waals surface area contributed by atoms with Crippen LogP contribution in [0.15, 0.2) is 28.8 Å². The number of hydrogen-bond acceptors (Lipinski definition) is 6. The molecule has 0 bridgehead atoms. The van der Waals surface area contributed by atoms with Crippen molar-refractivity contribution in [2.45, 2.75) is 20.0 Å². The van der Waals surface area contributed by atoms with E-state index in [4.69, 9.17) is 14.0 Å². The number of aryl methyl sites for hydroxylation is 1. The van der Waals surface area contributed by atoms with Crippen LogP contribution in [0.5, 0.6) is 5.75 Å². The summed E-state index contributed by atoms with van der Waals surface area (Å²) in [5, 5.41) is 6.50. The Bertz CT molecular complexity index is 580. The van der Waals surface area contributed by atoms with Gasteiger partial charge in [0, 0.05) is 19.7 Å². The van der Waals surface area contributed by atoms with Gasteiger partial charge in [0.1, 0.15) is 5.75 Å². The fourth-order valence-electron chi connectivity index (χ4n) is 1.60. The van der Waals surface area contributed by atoms with E-state index in [1.54, 1.807) is 38.3 Å². The van der Waals surface area contributed by atoms with Gasteiger partial charge in [-0.15, -0.1) is 0 Å². The van der Waals surface area contributed by atoms with E-state index in [2.05, 4.69) is 15.5 Å². The van der Waals surface area contributed by atoms with Crippen molar-refractivity contribution in [3.05, 3.63) is 36.0 Å². The lowest BCUT2D eigenvalue weighted by Crippen LogP contribution is -2.13. The van der Waals surface area contributed by atoms with E-state index in [-0.39, 0.29) is 12.5 Å². The average molecular weight is 291 g/mol. The first-order chi connectivity index (χ1) is 10.2. The summed E-state index contributed by atoms with van der Waals surface area (Å²) in [6.07, 6.45) is 0.325. The summed E-state index contributed by atoms with van der Waals surface area (Å²) >= 11 is 0. The van der Waals surface area contributed by atoms with Crippen molar-refractivity contribution in [1.82, 2.24) is 10.1 Å². The van der Waals surface area contributed by atoms with Crippen LogP contribution in [0.1, 0.15) is 18.1 Å². The Morgan fingerprint density at radius 1 is 1.33 bits per heavy atom. The number of aromatic nitrogens is 2. The molecule has 2 aromatic rings. The number of rotatable bonds is 7. The van der Waals surface area contributed by atoms with Crippen LogP contribution < -0.4 is 10.1 Å². The summed E-state index contributed by atoms with van der Waals surface area (Å²) in [4.78, 5) is 15.6. The maximum Gasteiger partial charge on any atom is 0.226 e. The number of nitrogens with zero attached hydrogens (tertiary/aromatic N) is 2. The monoisotopic (exact) mass is 291 g/mol. The molecule has 2 rings (SSSR count). The Morgan fingerprint density at radius 2 is 2.10 bits per heavy atom. The molecule has 1 heterocycles. The number of anilines is 1. The van der Waals surface area contributed by atoms with Gasteiger partial charge in [-0.3, -0.25) is 4.79 Å².